The topological polar surface area (TPSA) is 120 Å². The molecule has 1 aliphatic heterocycles. The van der Waals surface area contributed by atoms with Gasteiger partial charge in [0.2, 0.25) is 21.8 Å². The quantitative estimate of drug-likeness (QED) is 0.391. The van der Waals surface area contributed by atoms with Gasteiger partial charge < -0.3 is 10.6 Å². The standard InChI is InChI=1S/C21H33N5O4S2/c1-4-6-12-19(28)24-20-25-26(17(3)27)21(31-20,18-10-8-7-9-11-18)13-14-23-32(29,30)16-15-22-5-2/h7-11,22-23H,4-6,12-16H2,1-3H3,(H,24,25,28). The van der Waals surface area contributed by atoms with E-state index < -0.39 is 14.9 Å². The van der Waals surface area contributed by atoms with Crippen LogP contribution in [0.3, 0.4) is 0 Å². The van der Waals surface area contributed by atoms with Gasteiger partial charge in [-0.05, 0) is 18.5 Å². The van der Waals surface area contributed by atoms with Crippen molar-refractivity contribution in [2.24, 2.45) is 5.10 Å². The zero-order valence-corrected chi connectivity index (χ0v) is 20.5. The van der Waals surface area contributed by atoms with Crippen LogP contribution in [0.1, 0.15) is 52.0 Å². The number of unbranched alkanes of at least 4 members (excludes halogenated alkanes) is 1. The molecule has 0 radical (unpaired) electrons. The molecular formula is C21H33N5O4S2. The molecule has 0 spiro atoms. The number of hydrogen-bond donors (Lipinski definition) is 3. The largest absolute Gasteiger partial charge is 0.316 e. The molecule has 2 rings (SSSR count). The Labute approximate surface area is 194 Å². The van der Waals surface area contributed by atoms with E-state index in [-0.39, 0.29) is 30.5 Å². The van der Waals surface area contributed by atoms with Gasteiger partial charge in [0.1, 0.15) is 4.87 Å². The fraction of sp³-hybridized carbons (Fsp3) is 0.571. The number of rotatable bonds is 12. The van der Waals surface area contributed by atoms with Gasteiger partial charge in [0, 0.05) is 32.9 Å². The Kier molecular flexibility index (Phi) is 10.1. The van der Waals surface area contributed by atoms with Gasteiger partial charge in [0.15, 0.2) is 5.17 Å². The van der Waals surface area contributed by atoms with E-state index in [1.54, 1.807) is 0 Å². The van der Waals surface area contributed by atoms with Crippen molar-refractivity contribution in [2.45, 2.75) is 51.3 Å². The SMILES string of the molecule is CCCCC(=O)NC1=NN(C(C)=O)C(CCNS(=O)(=O)CCNCC)(c2ccccc2)S1. The van der Waals surface area contributed by atoms with Crippen molar-refractivity contribution in [1.82, 2.24) is 20.4 Å². The van der Waals surface area contributed by atoms with Crippen LogP contribution in [0.5, 0.6) is 0 Å². The number of amidine groups is 1. The minimum absolute atomic E-state index is 0.0298. The summed E-state index contributed by atoms with van der Waals surface area (Å²) in [5.74, 6) is -0.485. The minimum atomic E-state index is -3.47. The Morgan fingerprint density at radius 1 is 1.16 bits per heavy atom. The zero-order chi connectivity index (χ0) is 23.6. The number of sulfonamides is 1. The third kappa shape index (κ3) is 7.29. The number of nitrogens with one attached hydrogen (secondary N) is 3. The molecule has 1 atom stereocenters. The first-order valence-electron chi connectivity index (χ1n) is 10.9. The van der Waals surface area contributed by atoms with Crippen molar-refractivity contribution in [1.29, 1.82) is 0 Å². The van der Waals surface area contributed by atoms with E-state index in [1.165, 1.54) is 23.7 Å². The van der Waals surface area contributed by atoms with Crippen LogP contribution in [0.15, 0.2) is 35.4 Å². The maximum atomic E-state index is 12.5. The molecule has 1 aromatic rings. The average molecular weight is 484 g/mol. The fourth-order valence-electron chi connectivity index (χ4n) is 3.30. The Bertz CT molecular complexity index is 908. The molecule has 1 aromatic carbocycles. The maximum Gasteiger partial charge on any atom is 0.241 e. The molecule has 1 aliphatic rings. The maximum absolute atomic E-state index is 12.5. The highest BCUT2D eigenvalue weighted by molar-refractivity contribution is 8.14. The Morgan fingerprint density at radius 3 is 2.50 bits per heavy atom. The molecule has 9 nitrogen and oxygen atoms in total. The summed E-state index contributed by atoms with van der Waals surface area (Å²) >= 11 is 1.26. The Balaban J connectivity index is 2.22. The number of amides is 2. The van der Waals surface area contributed by atoms with Crippen molar-refractivity contribution in [3.05, 3.63) is 35.9 Å². The van der Waals surface area contributed by atoms with Gasteiger partial charge in [-0.25, -0.2) is 18.1 Å². The summed E-state index contributed by atoms with van der Waals surface area (Å²) in [6.45, 7) is 6.50. The molecule has 2 amide bonds. The third-order valence-electron chi connectivity index (χ3n) is 4.91. The van der Waals surface area contributed by atoms with Crippen molar-refractivity contribution in [3.63, 3.8) is 0 Å². The van der Waals surface area contributed by atoms with Crippen molar-refractivity contribution < 1.29 is 18.0 Å². The van der Waals surface area contributed by atoms with E-state index in [0.29, 0.717) is 24.7 Å². The smallest absolute Gasteiger partial charge is 0.241 e. The summed E-state index contributed by atoms with van der Waals surface area (Å²) < 4.78 is 27.3. The Hall–Kier alpha value is -1.95. The van der Waals surface area contributed by atoms with Crippen LogP contribution in [-0.2, 0) is 24.5 Å². The highest BCUT2D eigenvalue weighted by Gasteiger charge is 2.47. The number of hydrazone groups is 1. The second-order valence-electron chi connectivity index (χ2n) is 7.46. The van der Waals surface area contributed by atoms with Crippen LogP contribution < -0.4 is 15.4 Å². The van der Waals surface area contributed by atoms with Gasteiger partial charge in [-0.15, -0.1) is 5.10 Å². The molecule has 0 aliphatic carbocycles. The molecule has 1 unspecified atom stereocenters. The third-order valence-corrected chi connectivity index (χ3v) is 7.62. The number of carbonyl (C=O) groups excluding carboxylic acids is 2. The summed E-state index contributed by atoms with van der Waals surface area (Å²) in [6.07, 6.45) is 2.31. The highest BCUT2D eigenvalue weighted by atomic mass is 32.2. The first-order chi connectivity index (χ1) is 15.2. The lowest BCUT2D eigenvalue weighted by Crippen LogP contribution is -2.43. The van der Waals surface area contributed by atoms with Gasteiger partial charge in [0.25, 0.3) is 0 Å². The van der Waals surface area contributed by atoms with Crippen LogP contribution in [0.4, 0.5) is 0 Å². The van der Waals surface area contributed by atoms with Gasteiger partial charge >= 0.3 is 0 Å². The van der Waals surface area contributed by atoms with E-state index in [1.807, 2.05) is 44.2 Å². The summed E-state index contributed by atoms with van der Waals surface area (Å²) in [4.78, 5) is 23.8. The molecule has 11 heteroatoms. The Morgan fingerprint density at radius 2 is 1.88 bits per heavy atom. The van der Waals surface area contributed by atoms with Gasteiger partial charge in [-0.3, -0.25) is 9.59 Å². The van der Waals surface area contributed by atoms with Gasteiger partial charge in [-0.2, -0.15) is 0 Å². The monoisotopic (exact) mass is 483 g/mol. The van der Waals surface area contributed by atoms with Crippen LogP contribution in [0, 0.1) is 0 Å². The van der Waals surface area contributed by atoms with Crippen LogP contribution in [-0.4, -0.2) is 55.8 Å². The lowest BCUT2D eigenvalue weighted by Gasteiger charge is -2.35. The minimum Gasteiger partial charge on any atom is -0.316 e. The first kappa shape index (κ1) is 26.3. The second-order valence-corrected chi connectivity index (χ2v) is 10.6. The van der Waals surface area contributed by atoms with E-state index in [4.69, 9.17) is 0 Å². The lowest BCUT2D eigenvalue weighted by atomic mass is 10.0. The molecule has 1 heterocycles. The molecule has 0 aromatic heterocycles. The van der Waals surface area contributed by atoms with E-state index >= 15 is 0 Å². The van der Waals surface area contributed by atoms with Crippen molar-refractivity contribution in [2.75, 3.05) is 25.4 Å². The lowest BCUT2D eigenvalue weighted by molar-refractivity contribution is -0.132. The number of benzene rings is 1. The van der Waals surface area contributed by atoms with Gasteiger partial charge in [-0.1, -0.05) is 62.4 Å². The molecule has 3 N–H and O–H groups in total. The first-order valence-corrected chi connectivity index (χ1v) is 13.3. The fourth-order valence-corrected chi connectivity index (χ4v) is 5.59. The molecule has 178 valence electrons. The molecule has 32 heavy (non-hydrogen) atoms. The summed E-state index contributed by atoms with van der Waals surface area (Å²) in [7, 11) is -3.47. The summed E-state index contributed by atoms with van der Waals surface area (Å²) in [5, 5.41) is 11.9. The normalized spacial score (nSPS) is 18.5. The molecule has 0 saturated carbocycles. The van der Waals surface area contributed by atoms with Crippen LogP contribution in [0.25, 0.3) is 0 Å². The number of thioether (sulfide) groups is 1. The second kappa shape index (κ2) is 12.3. The highest BCUT2D eigenvalue weighted by Crippen LogP contribution is 2.47. The zero-order valence-electron chi connectivity index (χ0n) is 18.9. The van der Waals surface area contributed by atoms with Crippen LogP contribution in [0.2, 0.25) is 0 Å². The molecular weight excluding hydrogens is 450 g/mol. The van der Waals surface area contributed by atoms with E-state index in [9.17, 15) is 18.0 Å². The summed E-state index contributed by atoms with van der Waals surface area (Å²) in [6, 6.07) is 9.33. The molecule has 0 fully saturated rings. The predicted octanol–water partition coefficient (Wildman–Crippen LogP) is 1.93. The van der Waals surface area contributed by atoms with E-state index in [0.717, 1.165) is 18.4 Å². The summed E-state index contributed by atoms with van der Waals surface area (Å²) in [5.41, 5.74) is 0.800. The van der Waals surface area contributed by atoms with Crippen molar-refractivity contribution >= 4 is 38.8 Å². The number of hydrogen-bond acceptors (Lipinski definition) is 7. The van der Waals surface area contributed by atoms with Crippen LogP contribution >= 0.6 is 11.8 Å². The number of nitrogens with zero attached hydrogens (tertiary/aromatic N) is 2. The van der Waals surface area contributed by atoms with Gasteiger partial charge in [0.05, 0.1) is 5.75 Å². The molecule has 0 saturated heterocycles. The molecule has 0 bridgehead atoms. The average Bonchev–Trinajstić information content (AvgIpc) is 3.12. The van der Waals surface area contributed by atoms with Crippen molar-refractivity contribution in [3.8, 4) is 0 Å². The van der Waals surface area contributed by atoms with E-state index in [2.05, 4.69) is 20.5 Å². The predicted molar refractivity (Wildman–Crippen MR) is 128 cm³/mol. The number of carbonyl (C=O) groups is 2.